The first kappa shape index (κ1) is 13.3. The molecule has 0 aromatic heterocycles. The maximum Gasteiger partial charge on any atom is 0.162 e. The third kappa shape index (κ3) is 3.93. The third-order valence-electron chi connectivity index (χ3n) is 2.72. The van der Waals surface area contributed by atoms with Crippen LogP contribution in [0.1, 0.15) is 23.2 Å². The molecule has 2 aromatic carbocycles. The lowest BCUT2D eigenvalue weighted by molar-refractivity contribution is 0.0971. The second-order valence-corrected chi connectivity index (χ2v) is 4.19. The van der Waals surface area contributed by atoms with E-state index < -0.39 is 0 Å². The molecule has 0 saturated carbocycles. The molecule has 2 aromatic rings. The molecule has 0 spiro atoms. The van der Waals surface area contributed by atoms with E-state index in [9.17, 15) is 4.79 Å². The van der Waals surface area contributed by atoms with E-state index in [4.69, 9.17) is 9.84 Å². The van der Waals surface area contributed by atoms with Gasteiger partial charge in [0.15, 0.2) is 5.78 Å². The Morgan fingerprint density at radius 2 is 1.58 bits per heavy atom. The molecule has 0 aliphatic rings. The Hall–Kier alpha value is -2.13. The van der Waals surface area contributed by atoms with E-state index in [0.717, 1.165) is 5.75 Å². The lowest BCUT2D eigenvalue weighted by Crippen LogP contribution is -2.00. The molecule has 0 fully saturated rings. The Labute approximate surface area is 112 Å². The number of Topliss-reactive ketones (excluding diaryl/α,β-unsaturated/α-hetero) is 1. The highest BCUT2D eigenvalue weighted by Gasteiger charge is 2.05. The normalized spacial score (nSPS) is 10.2. The average molecular weight is 256 g/mol. The van der Waals surface area contributed by atoms with Crippen LogP contribution in [0.5, 0.6) is 11.5 Å². The van der Waals surface area contributed by atoms with E-state index in [1.165, 1.54) is 0 Å². The van der Waals surface area contributed by atoms with E-state index in [-0.39, 0.29) is 12.4 Å². The van der Waals surface area contributed by atoms with Gasteiger partial charge in [0.05, 0.1) is 0 Å². The van der Waals surface area contributed by atoms with Crippen molar-refractivity contribution in [2.75, 3.05) is 6.61 Å². The summed E-state index contributed by atoms with van der Waals surface area (Å²) in [6.07, 6.45) is 0.872. The van der Waals surface area contributed by atoms with Gasteiger partial charge in [0.25, 0.3) is 0 Å². The van der Waals surface area contributed by atoms with Gasteiger partial charge in [-0.05, 0) is 42.8 Å². The van der Waals surface area contributed by atoms with Crippen molar-refractivity contribution in [3.8, 4) is 11.5 Å². The highest BCUT2D eigenvalue weighted by atomic mass is 16.5. The van der Waals surface area contributed by atoms with E-state index >= 15 is 0 Å². The molecule has 19 heavy (non-hydrogen) atoms. The van der Waals surface area contributed by atoms with Crippen LogP contribution in [0.25, 0.3) is 0 Å². The number of para-hydroxylation sites is 1. The number of hydrogen-bond donors (Lipinski definition) is 1. The minimum atomic E-state index is 0.0420. The van der Waals surface area contributed by atoms with Crippen LogP contribution in [-0.4, -0.2) is 17.5 Å². The average Bonchev–Trinajstić information content (AvgIpc) is 2.46. The predicted molar refractivity (Wildman–Crippen MR) is 73.6 cm³/mol. The summed E-state index contributed by atoms with van der Waals surface area (Å²) in [5.74, 6) is 1.51. The molecule has 0 aliphatic heterocycles. The molecule has 0 saturated heterocycles. The van der Waals surface area contributed by atoms with E-state index in [1.807, 2.05) is 30.3 Å². The van der Waals surface area contributed by atoms with Crippen molar-refractivity contribution in [1.29, 1.82) is 0 Å². The first-order chi connectivity index (χ1) is 9.29. The van der Waals surface area contributed by atoms with E-state index in [1.54, 1.807) is 24.3 Å². The molecule has 0 amide bonds. The van der Waals surface area contributed by atoms with Gasteiger partial charge in [-0.2, -0.15) is 0 Å². The number of carbonyl (C=O) groups is 1. The summed E-state index contributed by atoms with van der Waals surface area (Å²) in [7, 11) is 0. The van der Waals surface area contributed by atoms with Crippen LogP contribution in [-0.2, 0) is 0 Å². The maximum absolute atomic E-state index is 11.7. The van der Waals surface area contributed by atoms with Gasteiger partial charge in [-0.25, -0.2) is 0 Å². The first-order valence-corrected chi connectivity index (χ1v) is 6.26. The molecule has 3 nitrogen and oxygen atoms in total. The largest absolute Gasteiger partial charge is 0.457 e. The van der Waals surface area contributed by atoms with Crippen molar-refractivity contribution in [1.82, 2.24) is 0 Å². The second-order valence-electron chi connectivity index (χ2n) is 4.19. The highest BCUT2D eigenvalue weighted by Crippen LogP contribution is 2.21. The molecule has 1 N–H and O–H groups in total. The first-order valence-electron chi connectivity index (χ1n) is 6.26. The zero-order valence-electron chi connectivity index (χ0n) is 10.6. The summed E-state index contributed by atoms with van der Waals surface area (Å²) < 4.78 is 5.64. The number of benzene rings is 2. The van der Waals surface area contributed by atoms with Gasteiger partial charge in [-0.15, -0.1) is 0 Å². The molecule has 0 aliphatic carbocycles. The number of ketones is 1. The fourth-order valence-corrected chi connectivity index (χ4v) is 1.72. The van der Waals surface area contributed by atoms with Crippen molar-refractivity contribution in [2.45, 2.75) is 12.8 Å². The van der Waals surface area contributed by atoms with Crippen molar-refractivity contribution in [2.24, 2.45) is 0 Å². The van der Waals surface area contributed by atoms with Gasteiger partial charge in [0, 0.05) is 18.6 Å². The quantitative estimate of drug-likeness (QED) is 0.805. The SMILES string of the molecule is O=C(CCCO)c1ccc(Oc2ccccc2)cc1. The van der Waals surface area contributed by atoms with Crippen LogP contribution >= 0.6 is 0 Å². The Bertz CT molecular complexity index is 517. The monoisotopic (exact) mass is 256 g/mol. The lowest BCUT2D eigenvalue weighted by Gasteiger charge is -2.06. The van der Waals surface area contributed by atoms with Gasteiger partial charge in [0.2, 0.25) is 0 Å². The Morgan fingerprint density at radius 1 is 0.947 bits per heavy atom. The standard InChI is InChI=1S/C16H16O3/c17-12-4-7-16(18)13-8-10-15(11-9-13)19-14-5-2-1-3-6-14/h1-3,5-6,8-11,17H,4,7,12H2. The second kappa shape index (κ2) is 6.71. The maximum atomic E-state index is 11.7. The molecule has 0 bridgehead atoms. The molecular formula is C16H16O3. The molecule has 2 rings (SSSR count). The topological polar surface area (TPSA) is 46.5 Å². The fourth-order valence-electron chi connectivity index (χ4n) is 1.72. The number of carbonyl (C=O) groups excluding carboxylic acids is 1. The zero-order chi connectivity index (χ0) is 13.5. The fraction of sp³-hybridized carbons (Fsp3) is 0.188. The molecule has 0 heterocycles. The third-order valence-corrected chi connectivity index (χ3v) is 2.72. The Morgan fingerprint density at radius 3 is 2.21 bits per heavy atom. The van der Waals surface area contributed by atoms with Gasteiger partial charge < -0.3 is 9.84 Å². The van der Waals surface area contributed by atoms with E-state index in [2.05, 4.69) is 0 Å². The minimum absolute atomic E-state index is 0.0420. The Balaban J connectivity index is 2.00. The molecule has 3 heteroatoms. The highest BCUT2D eigenvalue weighted by molar-refractivity contribution is 5.96. The van der Waals surface area contributed by atoms with Crippen LogP contribution in [0.4, 0.5) is 0 Å². The van der Waals surface area contributed by atoms with Gasteiger partial charge in [-0.1, -0.05) is 18.2 Å². The lowest BCUT2D eigenvalue weighted by atomic mass is 10.1. The Kier molecular flexibility index (Phi) is 4.70. The van der Waals surface area contributed by atoms with Gasteiger partial charge >= 0.3 is 0 Å². The minimum Gasteiger partial charge on any atom is -0.457 e. The molecular weight excluding hydrogens is 240 g/mol. The number of aliphatic hydroxyl groups is 1. The van der Waals surface area contributed by atoms with Crippen LogP contribution in [0.15, 0.2) is 54.6 Å². The summed E-state index contributed by atoms with van der Waals surface area (Å²) in [4.78, 5) is 11.7. The summed E-state index contributed by atoms with van der Waals surface area (Å²) in [5, 5.41) is 8.70. The van der Waals surface area contributed by atoms with Gasteiger partial charge in [0.1, 0.15) is 11.5 Å². The number of aliphatic hydroxyl groups excluding tert-OH is 1. The van der Waals surface area contributed by atoms with Crippen molar-refractivity contribution < 1.29 is 14.6 Å². The van der Waals surface area contributed by atoms with Gasteiger partial charge in [-0.3, -0.25) is 4.79 Å². The van der Waals surface area contributed by atoms with Crippen LogP contribution in [0, 0.1) is 0 Å². The van der Waals surface area contributed by atoms with Crippen molar-refractivity contribution >= 4 is 5.78 Å². The number of rotatable bonds is 6. The molecule has 0 radical (unpaired) electrons. The summed E-state index contributed by atoms with van der Waals surface area (Å²) >= 11 is 0. The van der Waals surface area contributed by atoms with Crippen LogP contribution in [0.3, 0.4) is 0 Å². The smallest absolute Gasteiger partial charge is 0.162 e. The summed E-state index contributed by atoms with van der Waals surface area (Å²) in [6, 6.07) is 16.5. The molecule has 0 atom stereocenters. The van der Waals surface area contributed by atoms with E-state index in [0.29, 0.717) is 24.2 Å². The molecule has 98 valence electrons. The van der Waals surface area contributed by atoms with Crippen molar-refractivity contribution in [3.63, 3.8) is 0 Å². The van der Waals surface area contributed by atoms with Crippen LogP contribution in [0.2, 0.25) is 0 Å². The molecule has 0 unspecified atom stereocenters. The summed E-state index contributed by atoms with van der Waals surface area (Å²) in [5.41, 5.74) is 0.647. The number of ether oxygens (including phenoxy) is 1. The van der Waals surface area contributed by atoms with Crippen molar-refractivity contribution in [3.05, 3.63) is 60.2 Å². The predicted octanol–water partition coefficient (Wildman–Crippen LogP) is 3.43. The summed E-state index contributed by atoms with van der Waals surface area (Å²) in [6.45, 7) is 0.0426. The zero-order valence-corrected chi connectivity index (χ0v) is 10.6. The number of hydrogen-bond acceptors (Lipinski definition) is 3. The van der Waals surface area contributed by atoms with Crippen LogP contribution < -0.4 is 4.74 Å².